The number of rotatable bonds is 3. The van der Waals surface area contributed by atoms with Gasteiger partial charge in [-0.3, -0.25) is 14.5 Å². The van der Waals surface area contributed by atoms with E-state index in [9.17, 15) is 18.4 Å². The summed E-state index contributed by atoms with van der Waals surface area (Å²) in [6.45, 7) is 3.01. The number of benzene rings is 1. The molecule has 2 rings (SSSR count). The zero-order valence-corrected chi connectivity index (χ0v) is 10.5. The number of aliphatic hydroxyl groups is 1. The van der Waals surface area contributed by atoms with Gasteiger partial charge in [-0.25, -0.2) is 8.78 Å². The molecule has 1 N–H and O–H groups in total. The molecule has 0 saturated heterocycles. The summed E-state index contributed by atoms with van der Waals surface area (Å²) >= 11 is 0. The number of hydrogen-bond donors (Lipinski definition) is 1. The summed E-state index contributed by atoms with van der Waals surface area (Å²) in [5, 5.41) is 8.97. The molecule has 0 atom stereocenters. The number of carbonyl (C=O) groups is 2. The van der Waals surface area contributed by atoms with Crippen molar-refractivity contribution in [3.63, 3.8) is 0 Å². The van der Waals surface area contributed by atoms with E-state index in [1.54, 1.807) is 13.8 Å². The first-order valence-corrected chi connectivity index (χ1v) is 5.78. The van der Waals surface area contributed by atoms with Crippen LogP contribution >= 0.6 is 0 Å². The molecule has 0 unspecified atom stereocenters. The van der Waals surface area contributed by atoms with Gasteiger partial charge in [0.1, 0.15) is 0 Å². The van der Waals surface area contributed by atoms with Gasteiger partial charge in [0, 0.05) is 12.1 Å². The van der Waals surface area contributed by atoms with Crippen LogP contribution in [0.5, 0.6) is 0 Å². The highest BCUT2D eigenvalue weighted by Gasteiger charge is 2.44. The van der Waals surface area contributed by atoms with Crippen molar-refractivity contribution in [3.8, 4) is 0 Å². The minimum absolute atomic E-state index is 0.144. The number of fused-ring (bicyclic) bond motifs is 1. The fraction of sp³-hybridized carbons (Fsp3) is 0.385. The smallest absolute Gasteiger partial charge is 0.262 e. The fourth-order valence-electron chi connectivity index (χ4n) is 2.17. The molecular weight excluding hydrogens is 256 g/mol. The number of hydrogen-bond acceptors (Lipinski definition) is 3. The average Bonchev–Trinajstić information content (AvgIpc) is 2.53. The second-order valence-electron chi connectivity index (χ2n) is 5.04. The zero-order valence-electron chi connectivity index (χ0n) is 10.5. The fourth-order valence-corrected chi connectivity index (χ4v) is 2.17. The van der Waals surface area contributed by atoms with Crippen molar-refractivity contribution in [2.24, 2.45) is 0 Å². The number of halogens is 2. The van der Waals surface area contributed by atoms with Gasteiger partial charge in [-0.1, -0.05) is 0 Å². The molecule has 4 nitrogen and oxygen atoms in total. The molecular formula is C13H13F2NO3. The van der Waals surface area contributed by atoms with Gasteiger partial charge in [-0.05, 0) is 32.4 Å². The van der Waals surface area contributed by atoms with Crippen LogP contribution in [0.15, 0.2) is 12.1 Å². The number of imide groups is 1. The van der Waals surface area contributed by atoms with Crippen LogP contribution in [0.3, 0.4) is 0 Å². The van der Waals surface area contributed by atoms with E-state index in [4.69, 9.17) is 5.11 Å². The molecule has 0 aromatic heterocycles. The largest absolute Gasteiger partial charge is 0.396 e. The van der Waals surface area contributed by atoms with Gasteiger partial charge in [0.25, 0.3) is 11.8 Å². The quantitative estimate of drug-likeness (QED) is 0.850. The third-order valence-electron chi connectivity index (χ3n) is 3.26. The lowest BCUT2D eigenvalue weighted by atomic mass is 9.99. The van der Waals surface area contributed by atoms with Gasteiger partial charge in [-0.2, -0.15) is 0 Å². The Labute approximate surface area is 108 Å². The maximum Gasteiger partial charge on any atom is 0.262 e. The van der Waals surface area contributed by atoms with Gasteiger partial charge >= 0.3 is 0 Å². The Morgan fingerprint density at radius 1 is 1.11 bits per heavy atom. The maximum absolute atomic E-state index is 13.1. The SMILES string of the molecule is CC(C)(CCO)N1C(=O)c2cc(F)c(F)cc2C1=O. The Morgan fingerprint density at radius 2 is 1.53 bits per heavy atom. The van der Waals surface area contributed by atoms with E-state index in [2.05, 4.69) is 0 Å². The Hall–Kier alpha value is -1.82. The molecule has 6 heteroatoms. The Balaban J connectivity index is 2.50. The van der Waals surface area contributed by atoms with E-state index in [1.165, 1.54) is 0 Å². The summed E-state index contributed by atoms with van der Waals surface area (Å²) < 4.78 is 26.3. The van der Waals surface area contributed by atoms with Crippen molar-refractivity contribution < 1.29 is 23.5 Å². The minimum Gasteiger partial charge on any atom is -0.396 e. The second kappa shape index (κ2) is 4.38. The molecule has 1 aliphatic heterocycles. The van der Waals surface area contributed by atoms with E-state index in [0.29, 0.717) is 0 Å². The topological polar surface area (TPSA) is 57.6 Å². The lowest BCUT2D eigenvalue weighted by Crippen LogP contribution is -2.48. The standard InChI is InChI=1S/C13H13F2NO3/c1-13(2,3-4-17)16-11(18)7-5-9(14)10(15)6-8(7)12(16)19/h5-6,17H,3-4H2,1-2H3. The molecule has 0 fully saturated rings. The van der Waals surface area contributed by atoms with Crippen molar-refractivity contribution in [2.45, 2.75) is 25.8 Å². The molecule has 0 aliphatic carbocycles. The second-order valence-corrected chi connectivity index (χ2v) is 5.04. The molecule has 1 aromatic rings. The van der Waals surface area contributed by atoms with Gasteiger partial charge in [0.15, 0.2) is 11.6 Å². The molecule has 0 radical (unpaired) electrons. The van der Waals surface area contributed by atoms with E-state index >= 15 is 0 Å². The Kier molecular flexibility index (Phi) is 3.14. The Morgan fingerprint density at radius 3 is 1.89 bits per heavy atom. The first-order chi connectivity index (χ1) is 8.79. The summed E-state index contributed by atoms with van der Waals surface area (Å²) in [4.78, 5) is 25.2. The molecule has 19 heavy (non-hydrogen) atoms. The van der Waals surface area contributed by atoms with Crippen LogP contribution < -0.4 is 0 Å². The van der Waals surface area contributed by atoms with Crippen molar-refractivity contribution in [3.05, 3.63) is 34.9 Å². The molecule has 1 aromatic carbocycles. The normalized spacial score (nSPS) is 15.1. The van der Waals surface area contributed by atoms with Crippen LogP contribution in [0.25, 0.3) is 0 Å². The number of aliphatic hydroxyl groups excluding tert-OH is 1. The van der Waals surface area contributed by atoms with E-state index in [0.717, 1.165) is 17.0 Å². The Bertz CT molecular complexity index is 528. The summed E-state index contributed by atoms with van der Waals surface area (Å²) in [5.41, 5.74) is -1.21. The van der Waals surface area contributed by atoms with Gasteiger partial charge in [0.2, 0.25) is 0 Å². The third kappa shape index (κ3) is 2.02. The number of nitrogens with zero attached hydrogens (tertiary/aromatic N) is 1. The predicted molar refractivity (Wildman–Crippen MR) is 62.6 cm³/mol. The van der Waals surface area contributed by atoms with Crippen LogP contribution in [-0.2, 0) is 0 Å². The summed E-state index contributed by atoms with van der Waals surface area (Å²) in [5.74, 6) is -3.67. The number of carbonyl (C=O) groups excluding carboxylic acids is 2. The van der Waals surface area contributed by atoms with Crippen molar-refractivity contribution >= 4 is 11.8 Å². The number of amides is 2. The highest BCUT2D eigenvalue weighted by atomic mass is 19.2. The molecule has 0 spiro atoms. The molecule has 1 aliphatic rings. The highest BCUT2D eigenvalue weighted by molar-refractivity contribution is 6.21. The lowest BCUT2D eigenvalue weighted by Gasteiger charge is -2.33. The third-order valence-corrected chi connectivity index (χ3v) is 3.26. The van der Waals surface area contributed by atoms with E-state index in [-0.39, 0.29) is 24.2 Å². The van der Waals surface area contributed by atoms with Gasteiger partial charge in [0.05, 0.1) is 11.1 Å². The molecule has 2 amide bonds. The summed E-state index contributed by atoms with van der Waals surface area (Å²) in [7, 11) is 0. The molecule has 0 bridgehead atoms. The predicted octanol–water partition coefficient (Wildman–Crippen LogP) is 1.72. The monoisotopic (exact) mass is 269 g/mol. The summed E-state index contributed by atoms with van der Waals surface area (Å²) in [6.07, 6.45) is 0.184. The van der Waals surface area contributed by atoms with E-state index < -0.39 is 29.0 Å². The highest BCUT2D eigenvalue weighted by Crippen LogP contribution is 2.32. The van der Waals surface area contributed by atoms with Crippen molar-refractivity contribution in [1.29, 1.82) is 0 Å². The van der Waals surface area contributed by atoms with E-state index in [1.807, 2.05) is 0 Å². The maximum atomic E-state index is 13.1. The molecule has 1 heterocycles. The van der Waals surface area contributed by atoms with Gasteiger partial charge in [-0.15, -0.1) is 0 Å². The van der Waals surface area contributed by atoms with Crippen LogP contribution in [0.1, 0.15) is 41.0 Å². The van der Waals surface area contributed by atoms with Crippen molar-refractivity contribution in [2.75, 3.05) is 6.61 Å². The zero-order chi connectivity index (χ0) is 14.4. The van der Waals surface area contributed by atoms with Crippen LogP contribution in [0.2, 0.25) is 0 Å². The average molecular weight is 269 g/mol. The van der Waals surface area contributed by atoms with Gasteiger partial charge < -0.3 is 5.11 Å². The van der Waals surface area contributed by atoms with Crippen LogP contribution in [0.4, 0.5) is 8.78 Å². The molecule has 102 valence electrons. The molecule has 0 saturated carbocycles. The lowest BCUT2D eigenvalue weighted by molar-refractivity contribution is 0.0437. The van der Waals surface area contributed by atoms with Crippen molar-refractivity contribution in [1.82, 2.24) is 4.90 Å². The van der Waals surface area contributed by atoms with Crippen LogP contribution in [-0.4, -0.2) is 34.0 Å². The van der Waals surface area contributed by atoms with Crippen LogP contribution in [0, 0.1) is 11.6 Å². The summed E-state index contributed by atoms with van der Waals surface area (Å²) in [6, 6.07) is 1.47. The first-order valence-electron chi connectivity index (χ1n) is 5.78. The minimum atomic E-state index is -1.17. The first kappa shape index (κ1) is 13.6.